The van der Waals surface area contributed by atoms with E-state index in [0.717, 1.165) is 65.7 Å². The summed E-state index contributed by atoms with van der Waals surface area (Å²) in [5.74, 6) is 2.92. The number of fused-ring (bicyclic) bond motifs is 1. The van der Waals surface area contributed by atoms with E-state index < -0.39 is 0 Å². The molecule has 0 atom stereocenters. The molecular weight excluding hydrogens is 442 g/mol. The van der Waals surface area contributed by atoms with E-state index in [0.29, 0.717) is 17.3 Å². The van der Waals surface area contributed by atoms with Crippen molar-refractivity contribution in [2.24, 2.45) is 5.11 Å². The maximum absolute atomic E-state index is 7.37. The number of ether oxygens (including phenoxy) is 1. The molecule has 10 heteroatoms. The van der Waals surface area contributed by atoms with Crippen LogP contribution in [0.2, 0.25) is 0 Å². The standard InChI is InChI=1S/C25H27N9O/c1-16-13-17(3-7-22(16)35-18-4-5-19(27-2)21(14-18)33-26)31-25-24-20(29-15-30-25)6-8-23(32-24)34-11-9-28-10-12-34/h3-8,13-15,26-28H,9-12H2,1-2H3,(H,29,30,31). The van der Waals surface area contributed by atoms with Crippen molar-refractivity contribution in [3.05, 3.63) is 60.4 Å². The molecule has 35 heavy (non-hydrogen) atoms. The summed E-state index contributed by atoms with van der Waals surface area (Å²) in [5.41, 5.74) is 12.0. The number of nitrogens with one attached hydrogen (secondary N) is 4. The molecule has 0 bridgehead atoms. The summed E-state index contributed by atoms with van der Waals surface area (Å²) < 4.78 is 6.06. The highest BCUT2D eigenvalue weighted by Gasteiger charge is 2.14. The maximum Gasteiger partial charge on any atom is 0.160 e. The van der Waals surface area contributed by atoms with Crippen LogP contribution in [0.5, 0.6) is 11.5 Å². The van der Waals surface area contributed by atoms with Crippen molar-refractivity contribution in [3.63, 3.8) is 0 Å². The number of piperazine rings is 1. The molecule has 10 nitrogen and oxygen atoms in total. The van der Waals surface area contributed by atoms with Gasteiger partial charge in [0, 0.05) is 45.0 Å². The second-order valence-corrected chi connectivity index (χ2v) is 8.24. The summed E-state index contributed by atoms with van der Waals surface area (Å²) in [7, 11) is 1.79. The molecule has 0 saturated carbocycles. The Bertz CT molecular complexity index is 1370. The molecule has 0 radical (unpaired) electrons. The molecule has 1 saturated heterocycles. The topological polar surface area (TPSA) is 123 Å². The molecule has 0 aliphatic carbocycles. The van der Waals surface area contributed by atoms with Gasteiger partial charge in [-0.3, -0.25) is 0 Å². The number of pyridine rings is 1. The van der Waals surface area contributed by atoms with Crippen molar-refractivity contribution >= 4 is 39.7 Å². The van der Waals surface area contributed by atoms with Crippen LogP contribution in [0.1, 0.15) is 5.56 Å². The SMILES string of the molecule is CNc1ccc(Oc2ccc(Nc3ncnc4ccc(N5CCNCC5)nc34)cc2C)cc1N=N. The van der Waals surface area contributed by atoms with Gasteiger partial charge in [0.1, 0.15) is 34.8 Å². The molecule has 178 valence electrons. The Labute approximate surface area is 203 Å². The van der Waals surface area contributed by atoms with Gasteiger partial charge in [0.25, 0.3) is 0 Å². The lowest BCUT2D eigenvalue weighted by atomic mass is 10.2. The van der Waals surface area contributed by atoms with E-state index in [1.54, 1.807) is 19.4 Å². The lowest BCUT2D eigenvalue weighted by Gasteiger charge is -2.28. The molecule has 2 aromatic heterocycles. The number of benzene rings is 2. The van der Waals surface area contributed by atoms with E-state index in [9.17, 15) is 0 Å². The lowest BCUT2D eigenvalue weighted by molar-refractivity contribution is 0.479. The van der Waals surface area contributed by atoms with Crippen molar-refractivity contribution in [2.75, 3.05) is 48.8 Å². The molecule has 4 N–H and O–H groups in total. The predicted molar refractivity (Wildman–Crippen MR) is 138 cm³/mol. The summed E-state index contributed by atoms with van der Waals surface area (Å²) in [6.07, 6.45) is 1.55. The van der Waals surface area contributed by atoms with Crippen LogP contribution in [0, 0.1) is 12.5 Å². The number of aromatic nitrogens is 3. The Morgan fingerprint density at radius 3 is 2.69 bits per heavy atom. The second-order valence-electron chi connectivity index (χ2n) is 8.24. The quantitative estimate of drug-likeness (QED) is 0.279. The summed E-state index contributed by atoms with van der Waals surface area (Å²) in [6.45, 7) is 5.72. The van der Waals surface area contributed by atoms with Crippen LogP contribution < -0.4 is 25.6 Å². The average molecular weight is 470 g/mol. The zero-order valence-electron chi connectivity index (χ0n) is 19.7. The lowest BCUT2D eigenvalue weighted by Crippen LogP contribution is -2.43. The molecular formula is C25H27N9O. The molecule has 3 heterocycles. The van der Waals surface area contributed by atoms with Gasteiger partial charge in [-0.1, -0.05) is 0 Å². The van der Waals surface area contributed by atoms with Crippen molar-refractivity contribution in [2.45, 2.75) is 6.92 Å². The van der Waals surface area contributed by atoms with E-state index in [2.05, 4.69) is 35.9 Å². The van der Waals surface area contributed by atoms with Crippen LogP contribution in [0.25, 0.3) is 11.0 Å². The largest absolute Gasteiger partial charge is 0.457 e. The molecule has 1 aliphatic heterocycles. The molecule has 0 amide bonds. The minimum Gasteiger partial charge on any atom is -0.457 e. The van der Waals surface area contributed by atoms with Crippen LogP contribution >= 0.6 is 0 Å². The predicted octanol–water partition coefficient (Wildman–Crippen LogP) is 4.98. The van der Waals surface area contributed by atoms with Crippen LogP contribution in [0.3, 0.4) is 0 Å². The van der Waals surface area contributed by atoms with E-state index in [-0.39, 0.29) is 0 Å². The third kappa shape index (κ3) is 4.82. The van der Waals surface area contributed by atoms with E-state index >= 15 is 0 Å². The number of rotatable bonds is 7. The van der Waals surface area contributed by atoms with Gasteiger partial charge in [0.05, 0.1) is 11.2 Å². The number of aryl methyl sites for hydroxylation is 1. The third-order valence-electron chi connectivity index (χ3n) is 5.93. The summed E-state index contributed by atoms with van der Waals surface area (Å²) in [6, 6.07) is 15.3. The van der Waals surface area contributed by atoms with Gasteiger partial charge in [-0.15, -0.1) is 0 Å². The molecule has 1 aliphatic rings. The summed E-state index contributed by atoms with van der Waals surface area (Å²) >= 11 is 0. The average Bonchev–Trinajstić information content (AvgIpc) is 2.90. The Kier molecular flexibility index (Phi) is 6.36. The van der Waals surface area contributed by atoms with Gasteiger partial charge in [0.2, 0.25) is 0 Å². The molecule has 1 fully saturated rings. The van der Waals surface area contributed by atoms with Crippen LogP contribution in [0.15, 0.2) is 60.0 Å². The van der Waals surface area contributed by atoms with E-state index in [4.69, 9.17) is 15.3 Å². The summed E-state index contributed by atoms with van der Waals surface area (Å²) in [5, 5.41) is 13.3. The van der Waals surface area contributed by atoms with Gasteiger partial charge in [-0.05, 0) is 55.0 Å². The van der Waals surface area contributed by atoms with Gasteiger partial charge >= 0.3 is 0 Å². The minimum atomic E-state index is 0.518. The maximum atomic E-state index is 7.37. The van der Waals surface area contributed by atoms with Crippen molar-refractivity contribution in [3.8, 4) is 11.5 Å². The fourth-order valence-electron chi connectivity index (χ4n) is 4.08. The van der Waals surface area contributed by atoms with Gasteiger partial charge < -0.3 is 25.6 Å². The van der Waals surface area contributed by atoms with Crippen molar-refractivity contribution in [1.82, 2.24) is 20.3 Å². The first kappa shape index (κ1) is 22.5. The third-order valence-corrected chi connectivity index (χ3v) is 5.93. The van der Waals surface area contributed by atoms with Crippen LogP contribution in [-0.2, 0) is 0 Å². The van der Waals surface area contributed by atoms with Gasteiger partial charge in [-0.2, -0.15) is 5.11 Å². The Morgan fingerprint density at radius 1 is 1.06 bits per heavy atom. The second kappa shape index (κ2) is 9.90. The Balaban J connectivity index is 1.38. The Morgan fingerprint density at radius 2 is 1.91 bits per heavy atom. The zero-order valence-corrected chi connectivity index (χ0v) is 19.7. The number of nitrogens with zero attached hydrogens (tertiary/aromatic N) is 5. The first-order valence-electron chi connectivity index (χ1n) is 11.5. The fraction of sp³-hybridized carbons (Fsp3) is 0.240. The van der Waals surface area contributed by atoms with Gasteiger partial charge in [-0.25, -0.2) is 20.5 Å². The van der Waals surface area contributed by atoms with Crippen molar-refractivity contribution < 1.29 is 4.74 Å². The number of hydrogen-bond acceptors (Lipinski definition) is 10. The normalized spacial score (nSPS) is 13.5. The summed E-state index contributed by atoms with van der Waals surface area (Å²) in [4.78, 5) is 16.0. The molecule has 2 aromatic carbocycles. The molecule has 0 spiro atoms. The van der Waals surface area contributed by atoms with E-state index in [1.165, 1.54) is 0 Å². The van der Waals surface area contributed by atoms with Crippen molar-refractivity contribution in [1.29, 1.82) is 5.53 Å². The molecule has 0 unspecified atom stereocenters. The minimum absolute atomic E-state index is 0.518. The fourth-order valence-corrected chi connectivity index (χ4v) is 4.08. The molecule has 5 rings (SSSR count). The van der Waals surface area contributed by atoms with Crippen LogP contribution in [-0.4, -0.2) is 48.2 Å². The van der Waals surface area contributed by atoms with Crippen LogP contribution in [0.4, 0.5) is 28.7 Å². The van der Waals surface area contributed by atoms with Gasteiger partial charge in [0.15, 0.2) is 5.82 Å². The number of hydrogen-bond donors (Lipinski definition) is 4. The molecule has 4 aromatic rings. The highest BCUT2D eigenvalue weighted by Crippen LogP contribution is 2.34. The monoisotopic (exact) mass is 469 g/mol. The number of anilines is 4. The highest BCUT2D eigenvalue weighted by atomic mass is 16.5. The zero-order chi connectivity index (χ0) is 24.2. The first-order chi connectivity index (χ1) is 17.1. The van der Waals surface area contributed by atoms with E-state index in [1.807, 2.05) is 49.4 Å². The first-order valence-corrected chi connectivity index (χ1v) is 11.5. The highest BCUT2D eigenvalue weighted by molar-refractivity contribution is 5.88. The smallest absolute Gasteiger partial charge is 0.160 e. The Hall–Kier alpha value is -4.31.